The largest absolute Gasteiger partial charge is 0.390 e. The molecule has 0 spiro atoms. The van der Waals surface area contributed by atoms with Gasteiger partial charge in [-0.2, -0.15) is 0 Å². The third kappa shape index (κ3) is 3.27. The van der Waals surface area contributed by atoms with Gasteiger partial charge in [0.25, 0.3) is 0 Å². The van der Waals surface area contributed by atoms with E-state index in [1.54, 1.807) is 0 Å². The fourth-order valence-electron chi connectivity index (χ4n) is 1.80. The Balaban J connectivity index is 1.78. The summed E-state index contributed by atoms with van der Waals surface area (Å²) in [5.41, 5.74) is 0. The van der Waals surface area contributed by atoms with E-state index in [1.807, 2.05) is 37.4 Å². The highest BCUT2D eigenvalue weighted by Gasteiger charge is 2.37. The average Bonchev–Trinajstić information content (AvgIpc) is 2.74. The summed E-state index contributed by atoms with van der Waals surface area (Å²) in [4.78, 5) is 0. The summed E-state index contributed by atoms with van der Waals surface area (Å²) in [6.45, 7) is 4.29. The molecule has 2 unspecified atom stereocenters. The predicted octanol–water partition coefficient (Wildman–Crippen LogP) is 1.69. The SMILES string of the molecule is CC1(C)OCC(C(O)CC2SCCS2)O1. The molecule has 88 valence electrons. The fourth-order valence-corrected chi connectivity index (χ4v) is 4.72. The Kier molecular flexibility index (Phi) is 3.88. The van der Waals surface area contributed by atoms with Crippen molar-refractivity contribution in [3.05, 3.63) is 0 Å². The molecule has 2 fully saturated rings. The van der Waals surface area contributed by atoms with Crippen molar-refractivity contribution in [2.45, 2.75) is 42.8 Å². The number of aliphatic hydroxyl groups excluding tert-OH is 1. The second-order valence-corrected chi connectivity index (χ2v) is 7.26. The quantitative estimate of drug-likeness (QED) is 0.825. The highest BCUT2D eigenvalue weighted by atomic mass is 32.2. The predicted molar refractivity (Wildman–Crippen MR) is 64.2 cm³/mol. The molecule has 15 heavy (non-hydrogen) atoms. The van der Waals surface area contributed by atoms with Crippen LogP contribution < -0.4 is 0 Å². The maximum atomic E-state index is 10.0. The van der Waals surface area contributed by atoms with Crippen LogP contribution in [0.5, 0.6) is 0 Å². The van der Waals surface area contributed by atoms with Gasteiger partial charge >= 0.3 is 0 Å². The van der Waals surface area contributed by atoms with Crippen molar-refractivity contribution in [1.29, 1.82) is 0 Å². The smallest absolute Gasteiger partial charge is 0.163 e. The van der Waals surface area contributed by atoms with Crippen molar-refractivity contribution >= 4 is 23.5 Å². The standard InChI is InChI=1S/C10H18O3S2/c1-10(2)12-6-8(13-10)7(11)5-9-14-3-4-15-9/h7-9,11H,3-6H2,1-2H3. The minimum Gasteiger partial charge on any atom is -0.390 e. The second kappa shape index (κ2) is 4.84. The van der Waals surface area contributed by atoms with Gasteiger partial charge in [-0.3, -0.25) is 0 Å². The van der Waals surface area contributed by atoms with Crippen molar-refractivity contribution in [1.82, 2.24) is 0 Å². The van der Waals surface area contributed by atoms with Crippen LogP contribution in [-0.4, -0.2) is 45.8 Å². The summed E-state index contributed by atoms with van der Waals surface area (Å²) in [5, 5.41) is 10.0. The van der Waals surface area contributed by atoms with Gasteiger partial charge in [0.05, 0.1) is 17.3 Å². The van der Waals surface area contributed by atoms with Crippen molar-refractivity contribution in [3.63, 3.8) is 0 Å². The first kappa shape index (κ1) is 12.0. The maximum absolute atomic E-state index is 10.0. The van der Waals surface area contributed by atoms with E-state index in [4.69, 9.17) is 9.47 Å². The summed E-state index contributed by atoms with van der Waals surface area (Å²) in [6.07, 6.45) is 0.260. The van der Waals surface area contributed by atoms with E-state index >= 15 is 0 Å². The van der Waals surface area contributed by atoms with E-state index in [-0.39, 0.29) is 6.10 Å². The normalized spacial score (nSPS) is 33.4. The van der Waals surface area contributed by atoms with E-state index in [0.29, 0.717) is 11.2 Å². The molecule has 2 aliphatic heterocycles. The highest BCUT2D eigenvalue weighted by molar-refractivity contribution is 8.20. The molecular formula is C10H18O3S2. The Hall–Kier alpha value is 0.580. The van der Waals surface area contributed by atoms with Gasteiger partial charge in [0, 0.05) is 11.5 Å². The summed E-state index contributed by atoms with van der Waals surface area (Å²) in [5.74, 6) is 1.88. The van der Waals surface area contributed by atoms with Gasteiger partial charge in [0.2, 0.25) is 0 Å². The van der Waals surface area contributed by atoms with Gasteiger partial charge in [-0.15, -0.1) is 23.5 Å². The van der Waals surface area contributed by atoms with Gasteiger partial charge < -0.3 is 14.6 Å². The lowest BCUT2D eigenvalue weighted by Crippen LogP contribution is -2.32. The first-order valence-corrected chi connectivity index (χ1v) is 7.40. The summed E-state index contributed by atoms with van der Waals surface area (Å²) < 4.78 is 11.6. The van der Waals surface area contributed by atoms with Crippen LogP contribution in [0.2, 0.25) is 0 Å². The summed E-state index contributed by atoms with van der Waals surface area (Å²) in [7, 11) is 0. The molecule has 0 aromatic heterocycles. The number of hydrogen-bond acceptors (Lipinski definition) is 5. The van der Waals surface area contributed by atoms with E-state index in [2.05, 4.69) is 0 Å². The molecule has 0 saturated carbocycles. The summed E-state index contributed by atoms with van der Waals surface area (Å²) in [6, 6.07) is 0. The molecule has 2 rings (SSSR count). The van der Waals surface area contributed by atoms with Crippen molar-refractivity contribution in [3.8, 4) is 0 Å². The lowest BCUT2D eigenvalue weighted by molar-refractivity contribution is -0.151. The molecular weight excluding hydrogens is 232 g/mol. The number of aliphatic hydroxyl groups is 1. The number of rotatable bonds is 3. The first-order valence-electron chi connectivity index (χ1n) is 5.30. The topological polar surface area (TPSA) is 38.7 Å². The van der Waals surface area contributed by atoms with Crippen molar-refractivity contribution in [2.75, 3.05) is 18.1 Å². The Morgan fingerprint density at radius 2 is 2.07 bits per heavy atom. The lowest BCUT2D eigenvalue weighted by atomic mass is 10.2. The molecule has 0 aromatic carbocycles. The molecule has 0 bridgehead atoms. The molecule has 0 aliphatic carbocycles. The maximum Gasteiger partial charge on any atom is 0.163 e. The minimum absolute atomic E-state index is 0.151. The average molecular weight is 250 g/mol. The molecule has 2 aliphatic rings. The molecule has 0 aromatic rings. The van der Waals surface area contributed by atoms with Gasteiger partial charge in [-0.25, -0.2) is 0 Å². The molecule has 2 atom stereocenters. The zero-order chi connectivity index (χ0) is 10.9. The number of ether oxygens (including phenoxy) is 2. The Morgan fingerprint density at radius 3 is 2.60 bits per heavy atom. The molecule has 2 heterocycles. The van der Waals surface area contributed by atoms with Gasteiger partial charge in [0.1, 0.15) is 6.10 Å². The third-order valence-corrected chi connectivity index (χ3v) is 5.67. The van der Waals surface area contributed by atoms with Crippen LogP contribution in [0, 0.1) is 0 Å². The molecule has 0 amide bonds. The van der Waals surface area contributed by atoms with Crippen LogP contribution >= 0.6 is 23.5 Å². The zero-order valence-corrected chi connectivity index (χ0v) is 10.8. The van der Waals surface area contributed by atoms with E-state index in [1.165, 1.54) is 11.5 Å². The zero-order valence-electron chi connectivity index (χ0n) is 9.14. The molecule has 1 N–H and O–H groups in total. The van der Waals surface area contributed by atoms with Gasteiger partial charge in [0.15, 0.2) is 5.79 Å². The second-order valence-electron chi connectivity index (χ2n) is 4.34. The minimum atomic E-state index is -0.526. The first-order chi connectivity index (χ1) is 7.07. The van der Waals surface area contributed by atoms with E-state index < -0.39 is 11.9 Å². The van der Waals surface area contributed by atoms with Crippen LogP contribution in [-0.2, 0) is 9.47 Å². The van der Waals surface area contributed by atoms with E-state index in [9.17, 15) is 5.11 Å². The van der Waals surface area contributed by atoms with Crippen LogP contribution in [0.3, 0.4) is 0 Å². The highest BCUT2D eigenvalue weighted by Crippen LogP contribution is 2.36. The van der Waals surface area contributed by atoms with Crippen LogP contribution in [0.4, 0.5) is 0 Å². The monoisotopic (exact) mass is 250 g/mol. The molecule has 2 saturated heterocycles. The Bertz CT molecular complexity index is 217. The lowest BCUT2D eigenvalue weighted by Gasteiger charge is -2.21. The van der Waals surface area contributed by atoms with Crippen molar-refractivity contribution < 1.29 is 14.6 Å². The number of hydrogen-bond donors (Lipinski definition) is 1. The molecule has 3 nitrogen and oxygen atoms in total. The molecule has 5 heteroatoms. The Morgan fingerprint density at radius 1 is 1.40 bits per heavy atom. The summed E-state index contributed by atoms with van der Waals surface area (Å²) >= 11 is 3.87. The van der Waals surface area contributed by atoms with Gasteiger partial charge in [-0.1, -0.05) is 0 Å². The fraction of sp³-hybridized carbons (Fsp3) is 1.00. The number of thioether (sulfide) groups is 2. The van der Waals surface area contributed by atoms with Crippen LogP contribution in [0.25, 0.3) is 0 Å². The third-order valence-electron chi connectivity index (χ3n) is 2.58. The Labute approximate surface area is 99.3 Å². The van der Waals surface area contributed by atoms with Crippen LogP contribution in [0.1, 0.15) is 20.3 Å². The van der Waals surface area contributed by atoms with Gasteiger partial charge in [-0.05, 0) is 20.3 Å². The molecule has 0 radical (unpaired) electrons. The van der Waals surface area contributed by atoms with Crippen LogP contribution in [0.15, 0.2) is 0 Å². The van der Waals surface area contributed by atoms with Crippen molar-refractivity contribution in [2.24, 2.45) is 0 Å². The van der Waals surface area contributed by atoms with E-state index in [0.717, 1.165) is 6.42 Å².